The fourth-order valence-corrected chi connectivity index (χ4v) is 3.99. The molecule has 3 unspecified atom stereocenters. The van der Waals surface area contributed by atoms with Gasteiger partial charge in [0.2, 0.25) is 0 Å². The predicted octanol–water partition coefficient (Wildman–Crippen LogP) is 1.37. The Kier molecular flexibility index (Phi) is 4.62. The molecule has 1 aliphatic heterocycles. The number of carbonyl (C=O) groups excluding carboxylic acids is 1. The molecule has 3 atom stereocenters. The lowest BCUT2D eigenvalue weighted by molar-refractivity contribution is -0.117. The minimum Gasteiger partial charge on any atom is -0.496 e. The highest BCUT2D eigenvalue weighted by Gasteiger charge is 2.33. The number of benzene rings is 1. The van der Waals surface area contributed by atoms with Gasteiger partial charge in [-0.1, -0.05) is 42.5 Å². The van der Waals surface area contributed by atoms with Crippen LogP contribution in [-0.2, 0) is 22.1 Å². The molecule has 0 radical (unpaired) electrons. The molecule has 1 heterocycles. The Bertz CT molecular complexity index is 724. The molecule has 1 aromatic carbocycles. The van der Waals surface area contributed by atoms with Gasteiger partial charge in [-0.2, -0.15) is 0 Å². The molecular weight excluding hydrogens is 312 g/mol. The van der Waals surface area contributed by atoms with E-state index in [4.69, 9.17) is 4.74 Å². The van der Waals surface area contributed by atoms with Crippen molar-refractivity contribution in [1.82, 2.24) is 10.6 Å². The van der Waals surface area contributed by atoms with Crippen molar-refractivity contribution >= 4 is 16.7 Å². The predicted molar refractivity (Wildman–Crippen MR) is 90.1 cm³/mol. The molecule has 1 amide bonds. The van der Waals surface area contributed by atoms with E-state index in [1.165, 1.54) is 0 Å². The van der Waals surface area contributed by atoms with Crippen LogP contribution in [0.4, 0.5) is 0 Å². The topological polar surface area (TPSA) is 67.4 Å². The second-order valence-corrected chi connectivity index (χ2v) is 6.81. The molecule has 0 saturated heterocycles. The van der Waals surface area contributed by atoms with E-state index >= 15 is 0 Å². The molecule has 0 saturated carbocycles. The fraction of sp³-hybridized carbons (Fsp3) is 0.235. The molecule has 1 aliphatic carbocycles. The van der Waals surface area contributed by atoms with E-state index in [2.05, 4.69) is 10.6 Å². The van der Waals surface area contributed by atoms with Crippen LogP contribution in [0, 0.1) is 0 Å². The number of ether oxygens (including phenoxy) is 1. The van der Waals surface area contributed by atoms with Gasteiger partial charge < -0.3 is 15.4 Å². The third-order valence-corrected chi connectivity index (χ3v) is 5.49. The fourth-order valence-electron chi connectivity index (χ4n) is 2.59. The molecule has 3 rings (SSSR count). The maximum atomic E-state index is 12.6. The summed E-state index contributed by atoms with van der Waals surface area (Å²) >= 11 is 0. The van der Waals surface area contributed by atoms with Crippen molar-refractivity contribution in [3.8, 4) is 5.75 Å². The van der Waals surface area contributed by atoms with E-state index < -0.39 is 10.8 Å². The molecule has 0 aromatic heterocycles. The van der Waals surface area contributed by atoms with Crippen molar-refractivity contribution in [2.45, 2.75) is 17.8 Å². The van der Waals surface area contributed by atoms with Crippen LogP contribution in [0.2, 0.25) is 0 Å². The van der Waals surface area contributed by atoms with Crippen LogP contribution < -0.4 is 15.4 Å². The number of methoxy groups -OCH3 is 1. The smallest absolute Gasteiger partial charge is 0.262 e. The van der Waals surface area contributed by atoms with Gasteiger partial charge in [-0.3, -0.25) is 9.00 Å². The third kappa shape index (κ3) is 3.22. The zero-order valence-electron chi connectivity index (χ0n) is 12.7. The quantitative estimate of drug-likeness (QED) is 0.875. The SMILES string of the molecule is COc1ccccc1CNC(=O)C1=CNC2C=CC=CC2S1=O. The number of amides is 1. The van der Waals surface area contributed by atoms with Gasteiger partial charge in [-0.25, -0.2) is 0 Å². The van der Waals surface area contributed by atoms with E-state index in [-0.39, 0.29) is 22.1 Å². The lowest BCUT2D eigenvalue weighted by Crippen LogP contribution is -2.45. The van der Waals surface area contributed by atoms with Gasteiger partial charge >= 0.3 is 0 Å². The number of rotatable bonds is 4. The number of carbonyl (C=O) groups is 1. The van der Waals surface area contributed by atoms with Crippen molar-refractivity contribution in [1.29, 1.82) is 0 Å². The minimum absolute atomic E-state index is 0.0217. The summed E-state index contributed by atoms with van der Waals surface area (Å²) in [7, 11) is 0.217. The monoisotopic (exact) mass is 330 g/mol. The molecule has 6 heteroatoms. The maximum absolute atomic E-state index is 12.6. The molecule has 0 spiro atoms. The van der Waals surface area contributed by atoms with E-state index in [9.17, 15) is 9.00 Å². The Labute approximate surface area is 137 Å². The largest absolute Gasteiger partial charge is 0.496 e. The zero-order chi connectivity index (χ0) is 16.2. The van der Waals surface area contributed by atoms with Crippen LogP contribution in [0.15, 0.2) is 59.7 Å². The average Bonchev–Trinajstić information content (AvgIpc) is 2.60. The van der Waals surface area contributed by atoms with Crippen LogP contribution in [0.3, 0.4) is 0 Å². The van der Waals surface area contributed by atoms with Crippen molar-refractivity contribution in [3.63, 3.8) is 0 Å². The summed E-state index contributed by atoms with van der Waals surface area (Å²) < 4.78 is 17.8. The van der Waals surface area contributed by atoms with Gasteiger partial charge in [0.05, 0.1) is 29.2 Å². The first-order chi connectivity index (χ1) is 11.2. The molecule has 2 N–H and O–H groups in total. The molecule has 23 heavy (non-hydrogen) atoms. The summed E-state index contributed by atoms with van der Waals surface area (Å²) in [6, 6.07) is 7.45. The Hall–Kier alpha value is -2.34. The molecular formula is C17H18N2O3S. The summed E-state index contributed by atoms with van der Waals surface area (Å²) in [5.41, 5.74) is 0.872. The van der Waals surface area contributed by atoms with Gasteiger partial charge in [-0.15, -0.1) is 0 Å². The summed E-state index contributed by atoms with van der Waals surface area (Å²) in [4.78, 5) is 12.6. The third-order valence-electron chi connectivity index (χ3n) is 3.81. The lowest BCUT2D eigenvalue weighted by Gasteiger charge is -2.29. The minimum atomic E-state index is -1.37. The Morgan fingerprint density at radius 1 is 1.30 bits per heavy atom. The summed E-state index contributed by atoms with van der Waals surface area (Å²) in [5.74, 6) is 0.383. The van der Waals surface area contributed by atoms with E-state index in [1.54, 1.807) is 13.3 Å². The molecule has 1 aromatic rings. The van der Waals surface area contributed by atoms with Crippen LogP contribution in [0.1, 0.15) is 5.56 Å². The van der Waals surface area contributed by atoms with Gasteiger partial charge in [0, 0.05) is 18.3 Å². The summed E-state index contributed by atoms with van der Waals surface area (Å²) in [6.07, 6.45) is 9.14. The molecule has 5 nitrogen and oxygen atoms in total. The molecule has 0 bridgehead atoms. The highest BCUT2D eigenvalue weighted by atomic mass is 32.2. The van der Waals surface area contributed by atoms with Gasteiger partial charge in [0.15, 0.2) is 0 Å². The van der Waals surface area contributed by atoms with Crippen LogP contribution in [-0.4, -0.2) is 28.5 Å². The van der Waals surface area contributed by atoms with Crippen LogP contribution in [0.5, 0.6) is 5.75 Å². The maximum Gasteiger partial charge on any atom is 0.262 e. The zero-order valence-corrected chi connectivity index (χ0v) is 13.5. The van der Waals surface area contributed by atoms with Crippen molar-refractivity contribution in [3.05, 3.63) is 65.2 Å². The first-order valence-corrected chi connectivity index (χ1v) is 8.54. The van der Waals surface area contributed by atoms with Crippen molar-refractivity contribution in [2.24, 2.45) is 0 Å². The Morgan fingerprint density at radius 3 is 2.91 bits per heavy atom. The van der Waals surface area contributed by atoms with E-state index in [0.717, 1.165) is 5.56 Å². The number of nitrogens with one attached hydrogen (secondary N) is 2. The number of para-hydroxylation sites is 1. The second-order valence-electron chi connectivity index (χ2n) is 5.23. The normalized spacial score (nSPS) is 25.1. The standard InChI is InChI=1S/C17H18N2O3S/c1-22-14-8-4-2-6-12(14)10-19-17(20)16-11-18-13-7-3-5-9-15(13)23(16)21/h2-9,11,13,15,18H,10H2,1H3,(H,19,20). The highest BCUT2D eigenvalue weighted by Crippen LogP contribution is 2.22. The van der Waals surface area contributed by atoms with E-state index in [1.807, 2.05) is 48.6 Å². The number of hydrogen-bond acceptors (Lipinski definition) is 4. The first kappa shape index (κ1) is 15.6. The molecule has 0 fully saturated rings. The van der Waals surface area contributed by atoms with Gasteiger partial charge in [0.1, 0.15) is 10.7 Å². The summed E-state index contributed by atoms with van der Waals surface area (Å²) in [5, 5.41) is 5.72. The number of allylic oxidation sites excluding steroid dienone is 2. The van der Waals surface area contributed by atoms with Crippen molar-refractivity contribution in [2.75, 3.05) is 7.11 Å². The van der Waals surface area contributed by atoms with Gasteiger partial charge in [-0.05, 0) is 6.07 Å². The van der Waals surface area contributed by atoms with Gasteiger partial charge in [0.25, 0.3) is 5.91 Å². The van der Waals surface area contributed by atoms with Crippen LogP contribution in [0.25, 0.3) is 0 Å². The molecule has 2 aliphatic rings. The van der Waals surface area contributed by atoms with E-state index in [0.29, 0.717) is 12.3 Å². The molecule has 120 valence electrons. The number of fused-ring (bicyclic) bond motifs is 1. The lowest BCUT2D eigenvalue weighted by atomic mass is 10.1. The second kappa shape index (κ2) is 6.83. The Balaban J connectivity index is 1.69. The Morgan fingerprint density at radius 2 is 2.09 bits per heavy atom. The van der Waals surface area contributed by atoms with Crippen molar-refractivity contribution < 1.29 is 13.7 Å². The average molecular weight is 330 g/mol. The first-order valence-electron chi connectivity index (χ1n) is 7.32. The van der Waals surface area contributed by atoms with Crippen LogP contribution >= 0.6 is 0 Å². The summed E-state index contributed by atoms with van der Waals surface area (Å²) in [6.45, 7) is 0.321. The highest BCUT2D eigenvalue weighted by molar-refractivity contribution is 7.91. The number of hydrogen-bond donors (Lipinski definition) is 2.